The number of amides is 6. The van der Waals surface area contributed by atoms with Crippen LogP contribution in [0.4, 0.5) is 65.6 Å². The van der Waals surface area contributed by atoms with Crippen molar-refractivity contribution in [2.24, 2.45) is 0 Å². The standard InChI is InChI=1S/C45H45N7O3.C21H24N4/c1-31-4-16-37(17-5-31)46-43(53)49-40-22-10-34(11-23-40)28-52(29-35-12-24-41(25-13-35)50-44(54)47-38-18-6-32(2)7-19-38)30-36-14-26-42(27-15-36)51-45(55)48-39-20-8-33(3)9-21-39;22-19-7-1-16(2-8-19)13-25(14-17-3-9-20(23)10-4-17)15-18-5-11-21(24)12-6-18/h4-27H,28-30H2,1-3H3,(H2,46,49,53)(H2,47,50,54)(H2,48,51,55);1-12H,13-15,22-24H2. The van der Waals surface area contributed by atoms with Crippen LogP contribution in [0.3, 0.4) is 0 Å². The first kappa shape index (κ1) is 56.3. The van der Waals surface area contributed by atoms with Crippen molar-refractivity contribution in [1.29, 1.82) is 0 Å². The number of nitrogens with one attached hydrogen (secondary N) is 6. The van der Waals surface area contributed by atoms with Crippen molar-refractivity contribution in [1.82, 2.24) is 9.80 Å². The van der Waals surface area contributed by atoms with Gasteiger partial charge in [-0.25, -0.2) is 14.4 Å². The minimum atomic E-state index is -0.311. The number of carbonyl (C=O) groups is 3. The minimum Gasteiger partial charge on any atom is -0.399 e. The van der Waals surface area contributed by atoms with E-state index in [1.165, 1.54) is 16.7 Å². The first-order valence-electron chi connectivity index (χ1n) is 26.4. The molecule has 0 heterocycles. The quantitative estimate of drug-likeness (QED) is 0.0377. The molecule has 0 aliphatic rings. The molecule has 0 saturated carbocycles. The Kier molecular flexibility index (Phi) is 19.7. The van der Waals surface area contributed by atoms with E-state index in [4.69, 9.17) is 17.2 Å². The number of aryl methyl sites for hydroxylation is 3. The van der Waals surface area contributed by atoms with Crippen LogP contribution in [0.15, 0.2) is 218 Å². The van der Waals surface area contributed by atoms with E-state index in [1.807, 2.05) is 203 Å². The zero-order valence-electron chi connectivity index (χ0n) is 45.4. The van der Waals surface area contributed by atoms with Gasteiger partial charge < -0.3 is 49.1 Å². The first-order valence-corrected chi connectivity index (χ1v) is 26.4. The zero-order valence-corrected chi connectivity index (χ0v) is 45.4. The van der Waals surface area contributed by atoms with Crippen LogP contribution in [0.5, 0.6) is 0 Å². The lowest BCUT2D eigenvalue weighted by Crippen LogP contribution is -2.23. The fraction of sp³-hybridized carbons (Fsp3) is 0.136. The average Bonchev–Trinajstić information content (AvgIpc) is 3.44. The van der Waals surface area contributed by atoms with Crippen LogP contribution in [-0.2, 0) is 39.3 Å². The van der Waals surface area contributed by atoms with Gasteiger partial charge in [-0.05, 0) is 163 Å². The number of carbonyl (C=O) groups excluding carboxylic acids is 3. The summed E-state index contributed by atoms with van der Waals surface area (Å²) in [6, 6.07) is 69.5. The molecule has 0 aliphatic heterocycles. The Hall–Kier alpha value is -9.89. The Balaban J connectivity index is 0.000000279. The Bertz CT molecular complexity index is 3030. The molecule has 0 atom stereocenters. The highest BCUT2D eigenvalue weighted by atomic mass is 16.2. The molecule has 0 radical (unpaired) electrons. The van der Waals surface area contributed by atoms with Crippen molar-refractivity contribution in [3.8, 4) is 0 Å². The van der Waals surface area contributed by atoms with Gasteiger partial charge in [0.2, 0.25) is 0 Å². The molecule has 0 spiro atoms. The molecule has 12 N–H and O–H groups in total. The summed E-state index contributed by atoms with van der Waals surface area (Å²) in [5.41, 5.74) is 34.2. The number of nitrogens with two attached hydrogens (primary N) is 3. The largest absolute Gasteiger partial charge is 0.399 e. The molecule has 80 heavy (non-hydrogen) atoms. The third-order valence-electron chi connectivity index (χ3n) is 12.9. The van der Waals surface area contributed by atoms with E-state index in [-0.39, 0.29) is 18.1 Å². The van der Waals surface area contributed by atoms with Crippen LogP contribution >= 0.6 is 0 Å². The zero-order chi connectivity index (χ0) is 56.2. The lowest BCUT2D eigenvalue weighted by molar-refractivity contribution is 0.247. The summed E-state index contributed by atoms with van der Waals surface area (Å²) in [6.45, 7) is 10.4. The molecule has 0 aliphatic carbocycles. The summed E-state index contributed by atoms with van der Waals surface area (Å²) in [6.07, 6.45) is 0. The molecule has 0 unspecified atom stereocenters. The number of hydrogen-bond donors (Lipinski definition) is 9. The van der Waals surface area contributed by atoms with Crippen molar-refractivity contribution >= 4 is 69.3 Å². The number of benzene rings is 9. The normalized spacial score (nSPS) is 10.8. The van der Waals surface area contributed by atoms with Crippen LogP contribution in [0.25, 0.3) is 0 Å². The van der Waals surface area contributed by atoms with E-state index in [2.05, 4.69) is 78.1 Å². The SMILES string of the molecule is Cc1ccc(NC(=O)Nc2ccc(CN(Cc3ccc(NC(=O)Nc4ccc(C)cc4)cc3)Cc3ccc(NC(=O)Nc4ccc(C)cc4)cc3)cc2)cc1.Nc1ccc(CN(Cc2ccc(N)cc2)Cc2ccc(N)cc2)cc1. The fourth-order valence-electron chi connectivity index (χ4n) is 8.63. The summed E-state index contributed by atoms with van der Waals surface area (Å²) in [5, 5.41) is 17.3. The van der Waals surface area contributed by atoms with Gasteiger partial charge in [-0.15, -0.1) is 0 Å². The predicted molar refractivity (Wildman–Crippen MR) is 329 cm³/mol. The summed E-state index contributed by atoms with van der Waals surface area (Å²) in [4.78, 5) is 42.5. The molecule has 6 amide bonds. The monoisotopic (exact) mass is 1060 g/mol. The van der Waals surface area contributed by atoms with Gasteiger partial charge in [-0.3, -0.25) is 9.80 Å². The topological polar surface area (TPSA) is 208 Å². The maximum atomic E-state index is 12.6. The van der Waals surface area contributed by atoms with Crippen molar-refractivity contribution in [2.45, 2.75) is 60.0 Å². The summed E-state index contributed by atoms with van der Waals surface area (Å²) >= 11 is 0. The molecule has 0 aromatic heterocycles. The van der Waals surface area contributed by atoms with Gasteiger partial charge in [-0.2, -0.15) is 0 Å². The smallest absolute Gasteiger partial charge is 0.323 e. The Morgan fingerprint density at radius 1 is 0.263 bits per heavy atom. The second-order valence-electron chi connectivity index (χ2n) is 19.9. The Labute approximate surface area is 469 Å². The van der Waals surface area contributed by atoms with Gasteiger partial charge in [0.25, 0.3) is 0 Å². The molecular weight excluding hydrogens is 995 g/mol. The summed E-state index contributed by atoms with van der Waals surface area (Å²) in [7, 11) is 0. The number of rotatable bonds is 18. The molecule has 0 saturated heterocycles. The Morgan fingerprint density at radius 3 is 0.588 bits per heavy atom. The van der Waals surface area contributed by atoms with Crippen LogP contribution in [0.1, 0.15) is 50.1 Å². The van der Waals surface area contributed by atoms with E-state index in [1.54, 1.807) is 0 Å². The lowest BCUT2D eigenvalue weighted by atomic mass is 10.1. The maximum absolute atomic E-state index is 12.6. The maximum Gasteiger partial charge on any atom is 0.323 e. The number of urea groups is 3. The Morgan fingerprint density at radius 2 is 0.412 bits per heavy atom. The summed E-state index contributed by atoms with van der Waals surface area (Å²) in [5.74, 6) is 0. The predicted octanol–water partition coefficient (Wildman–Crippen LogP) is 14.4. The molecule has 0 fully saturated rings. The molecule has 9 rings (SSSR count). The van der Waals surface area contributed by atoms with Gasteiger partial charge in [0.05, 0.1) is 0 Å². The van der Waals surface area contributed by atoms with Crippen LogP contribution in [-0.4, -0.2) is 27.9 Å². The third kappa shape index (κ3) is 18.7. The van der Waals surface area contributed by atoms with E-state index < -0.39 is 0 Å². The lowest BCUT2D eigenvalue weighted by Gasteiger charge is -2.23. The van der Waals surface area contributed by atoms with Crippen LogP contribution < -0.4 is 49.1 Å². The minimum absolute atomic E-state index is 0.311. The molecule has 9 aromatic carbocycles. The molecule has 14 nitrogen and oxygen atoms in total. The molecule has 0 bridgehead atoms. The molecule has 406 valence electrons. The van der Waals surface area contributed by atoms with Crippen molar-refractivity contribution < 1.29 is 14.4 Å². The van der Waals surface area contributed by atoms with E-state index in [0.717, 1.165) is 87.1 Å². The third-order valence-corrected chi connectivity index (χ3v) is 12.9. The van der Waals surface area contributed by atoms with Crippen LogP contribution in [0, 0.1) is 20.8 Å². The molecule has 9 aromatic rings. The van der Waals surface area contributed by atoms with Gasteiger partial charge in [-0.1, -0.05) is 126 Å². The molecule has 14 heteroatoms. The van der Waals surface area contributed by atoms with Gasteiger partial charge >= 0.3 is 18.1 Å². The highest BCUT2D eigenvalue weighted by molar-refractivity contribution is 6.01. The van der Waals surface area contributed by atoms with E-state index >= 15 is 0 Å². The molecular formula is C66H69N11O3. The van der Waals surface area contributed by atoms with Crippen molar-refractivity contribution in [3.05, 3.63) is 268 Å². The summed E-state index contributed by atoms with van der Waals surface area (Å²) < 4.78 is 0. The second kappa shape index (κ2) is 27.9. The highest BCUT2D eigenvalue weighted by Gasteiger charge is 2.13. The highest BCUT2D eigenvalue weighted by Crippen LogP contribution is 2.22. The second-order valence-corrected chi connectivity index (χ2v) is 19.9. The number of nitrogen functional groups attached to an aromatic ring is 3. The van der Waals surface area contributed by atoms with Crippen molar-refractivity contribution in [3.63, 3.8) is 0 Å². The first-order chi connectivity index (χ1) is 38.7. The number of nitrogens with zero attached hydrogens (tertiary/aromatic N) is 2. The van der Waals surface area contributed by atoms with Gasteiger partial charge in [0, 0.05) is 90.5 Å². The average molecular weight is 1060 g/mol. The fourth-order valence-corrected chi connectivity index (χ4v) is 8.63. The van der Waals surface area contributed by atoms with Gasteiger partial charge in [0.15, 0.2) is 0 Å². The number of hydrogen-bond acceptors (Lipinski definition) is 8. The number of anilines is 9. The van der Waals surface area contributed by atoms with E-state index in [9.17, 15) is 14.4 Å². The van der Waals surface area contributed by atoms with Crippen LogP contribution in [0.2, 0.25) is 0 Å². The van der Waals surface area contributed by atoms with Gasteiger partial charge in [0.1, 0.15) is 0 Å². The van der Waals surface area contributed by atoms with Crippen molar-refractivity contribution in [2.75, 3.05) is 49.1 Å². The van der Waals surface area contributed by atoms with E-state index in [0.29, 0.717) is 36.7 Å².